The van der Waals surface area contributed by atoms with Crippen molar-refractivity contribution in [1.29, 1.82) is 0 Å². The molecule has 0 saturated heterocycles. The lowest BCUT2D eigenvalue weighted by Gasteiger charge is -2.21. The van der Waals surface area contributed by atoms with Gasteiger partial charge in [-0.05, 0) is 31.5 Å². The summed E-state index contributed by atoms with van der Waals surface area (Å²) in [7, 11) is 2.16. The van der Waals surface area contributed by atoms with E-state index in [1.54, 1.807) is 0 Å². The largest absolute Gasteiger partial charge is 0.382 e. The summed E-state index contributed by atoms with van der Waals surface area (Å²) >= 11 is 1.82. The molecule has 126 valence electrons. The van der Waals surface area contributed by atoms with Crippen LogP contribution in [-0.2, 0) is 6.54 Å². The quantitative estimate of drug-likeness (QED) is 0.785. The smallest absolute Gasteiger partial charge is 0.152 e. The molecule has 0 spiro atoms. The molecular formula is C18H23N5S. The molecule has 1 aliphatic rings. The Balaban J connectivity index is 1.81. The number of fused-ring (bicyclic) bond motifs is 3. The van der Waals surface area contributed by atoms with Crippen molar-refractivity contribution in [2.24, 2.45) is 0 Å². The highest BCUT2D eigenvalue weighted by atomic mass is 32.1. The monoisotopic (exact) mass is 341 g/mol. The van der Waals surface area contributed by atoms with Gasteiger partial charge in [0.15, 0.2) is 5.82 Å². The van der Waals surface area contributed by atoms with Crippen LogP contribution in [0.1, 0.15) is 31.1 Å². The highest BCUT2D eigenvalue weighted by molar-refractivity contribution is 7.21. The first-order valence-corrected chi connectivity index (χ1v) is 9.41. The number of unbranched alkanes of at least 4 members (excludes halogenated alkanes) is 1. The molecule has 0 saturated carbocycles. The minimum Gasteiger partial charge on any atom is -0.382 e. The summed E-state index contributed by atoms with van der Waals surface area (Å²) in [6.07, 6.45) is 7.84. The van der Waals surface area contributed by atoms with Crippen LogP contribution in [0.2, 0.25) is 0 Å². The SMILES string of the molecule is CCCCn1cc2c(n1)c(N)nc1cc(C3=CCN(C)CC3)sc12. The van der Waals surface area contributed by atoms with E-state index in [9.17, 15) is 0 Å². The first kappa shape index (κ1) is 15.6. The fourth-order valence-electron chi connectivity index (χ4n) is 3.20. The Morgan fingerprint density at radius 2 is 2.25 bits per heavy atom. The molecule has 4 heterocycles. The number of nitrogens with zero attached hydrogens (tertiary/aromatic N) is 4. The highest BCUT2D eigenvalue weighted by Gasteiger charge is 2.17. The van der Waals surface area contributed by atoms with Crippen molar-refractivity contribution in [3.05, 3.63) is 23.2 Å². The van der Waals surface area contributed by atoms with Crippen molar-refractivity contribution in [3.63, 3.8) is 0 Å². The van der Waals surface area contributed by atoms with Crippen molar-refractivity contribution >= 4 is 43.8 Å². The minimum absolute atomic E-state index is 0.537. The fraction of sp³-hybridized carbons (Fsp3) is 0.444. The summed E-state index contributed by atoms with van der Waals surface area (Å²) in [5.41, 5.74) is 9.43. The van der Waals surface area contributed by atoms with Crippen molar-refractivity contribution in [1.82, 2.24) is 19.7 Å². The van der Waals surface area contributed by atoms with Crippen LogP contribution in [0.4, 0.5) is 5.82 Å². The maximum atomic E-state index is 6.17. The van der Waals surface area contributed by atoms with Crippen LogP contribution in [0.25, 0.3) is 26.7 Å². The number of aryl methyl sites for hydroxylation is 1. The molecule has 5 nitrogen and oxygen atoms in total. The van der Waals surface area contributed by atoms with Gasteiger partial charge in [-0.15, -0.1) is 11.3 Å². The number of aromatic nitrogens is 3. The zero-order valence-corrected chi connectivity index (χ0v) is 15.1. The Bertz CT molecular complexity index is 920. The predicted octanol–water partition coefficient (Wildman–Crippen LogP) is 3.75. The van der Waals surface area contributed by atoms with E-state index >= 15 is 0 Å². The summed E-state index contributed by atoms with van der Waals surface area (Å²) in [6, 6.07) is 2.19. The summed E-state index contributed by atoms with van der Waals surface area (Å²) in [4.78, 5) is 8.26. The second-order valence-corrected chi connectivity index (χ2v) is 7.62. The lowest BCUT2D eigenvalue weighted by molar-refractivity contribution is 0.370. The molecule has 6 heteroatoms. The number of thiophene rings is 1. The Morgan fingerprint density at radius 1 is 1.38 bits per heavy atom. The topological polar surface area (TPSA) is 60.0 Å². The molecule has 0 aromatic carbocycles. The Hall–Kier alpha value is -1.92. The minimum atomic E-state index is 0.537. The number of pyridine rings is 1. The van der Waals surface area contributed by atoms with Crippen molar-refractivity contribution < 1.29 is 0 Å². The van der Waals surface area contributed by atoms with E-state index in [1.165, 1.54) is 15.2 Å². The number of rotatable bonds is 4. The molecule has 0 unspecified atom stereocenters. The first-order valence-electron chi connectivity index (χ1n) is 8.60. The van der Waals surface area contributed by atoms with Crippen LogP contribution in [0.3, 0.4) is 0 Å². The van der Waals surface area contributed by atoms with E-state index in [0.717, 1.165) is 55.3 Å². The van der Waals surface area contributed by atoms with Gasteiger partial charge in [0.1, 0.15) is 5.52 Å². The molecule has 0 aliphatic carbocycles. The third-order valence-electron chi connectivity index (χ3n) is 4.67. The Labute approximate surface area is 145 Å². The van der Waals surface area contributed by atoms with E-state index < -0.39 is 0 Å². The van der Waals surface area contributed by atoms with E-state index in [0.29, 0.717) is 5.82 Å². The number of hydrogen-bond acceptors (Lipinski definition) is 5. The van der Waals surface area contributed by atoms with Crippen molar-refractivity contribution in [2.45, 2.75) is 32.7 Å². The standard InChI is InChI=1S/C18H23N5S/c1-3-4-7-23-11-13-16(21-23)18(19)20-14-10-15(24-17(13)14)12-5-8-22(2)9-6-12/h5,10-11H,3-4,6-9H2,1-2H3,(H2,19,20). The van der Waals surface area contributed by atoms with Gasteiger partial charge in [-0.25, -0.2) is 4.98 Å². The van der Waals surface area contributed by atoms with Crippen molar-refractivity contribution in [3.8, 4) is 0 Å². The summed E-state index contributed by atoms with van der Waals surface area (Å²) in [5, 5.41) is 5.78. The molecule has 3 aromatic heterocycles. The van der Waals surface area contributed by atoms with Gasteiger partial charge >= 0.3 is 0 Å². The normalized spacial score (nSPS) is 16.2. The van der Waals surface area contributed by atoms with Gasteiger partial charge in [-0.2, -0.15) is 5.10 Å². The van der Waals surface area contributed by atoms with Crippen molar-refractivity contribution in [2.75, 3.05) is 25.9 Å². The van der Waals surface area contributed by atoms with Gasteiger partial charge in [-0.3, -0.25) is 4.68 Å². The van der Waals surface area contributed by atoms with Crippen LogP contribution in [0, 0.1) is 0 Å². The van der Waals surface area contributed by atoms with Crippen LogP contribution >= 0.6 is 11.3 Å². The second-order valence-electron chi connectivity index (χ2n) is 6.57. The number of nitrogen functional groups attached to an aromatic ring is 1. The van der Waals surface area contributed by atoms with Gasteiger partial charge < -0.3 is 10.6 Å². The Kier molecular flexibility index (Phi) is 4.02. The van der Waals surface area contributed by atoms with E-state index in [2.05, 4.69) is 47.3 Å². The van der Waals surface area contributed by atoms with E-state index in [4.69, 9.17) is 5.73 Å². The van der Waals surface area contributed by atoms with Gasteiger partial charge in [0.25, 0.3) is 0 Å². The number of likely N-dealkylation sites (N-methyl/N-ethyl adjacent to an activating group) is 1. The third kappa shape index (κ3) is 2.70. The van der Waals surface area contributed by atoms with Gasteiger partial charge in [0.2, 0.25) is 0 Å². The maximum Gasteiger partial charge on any atom is 0.152 e. The van der Waals surface area contributed by atoms with Crippen LogP contribution in [-0.4, -0.2) is 39.8 Å². The molecule has 2 N–H and O–H groups in total. The zero-order chi connectivity index (χ0) is 16.7. The number of nitrogens with two attached hydrogens (primary N) is 1. The molecule has 1 aliphatic heterocycles. The summed E-state index contributed by atoms with van der Waals surface area (Å²) < 4.78 is 3.22. The second kappa shape index (κ2) is 6.18. The fourth-order valence-corrected chi connectivity index (χ4v) is 4.38. The lowest BCUT2D eigenvalue weighted by Crippen LogP contribution is -2.23. The summed E-state index contributed by atoms with van der Waals surface area (Å²) in [6.45, 7) is 5.25. The average Bonchev–Trinajstić information content (AvgIpc) is 3.17. The highest BCUT2D eigenvalue weighted by Crippen LogP contribution is 2.37. The molecule has 0 bridgehead atoms. The molecule has 0 atom stereocenters. The number of hydrogen-bond donors (Lipinski definition) is 1. The predicted molar refractivity (Wildman–Crippen MR) is 102 cm³/mol. The Morgan fingerprint density at radius 3 is 3.00 bits per heavy atom. The molecule has 0 fully saturated rings. The van der Waals surface area contributed by atoms with Gasteiger partial charge in [0, 0.05) is 36.1 Å². The molecule has 4 rings (SSSR count). The van der Waals surface area contributed by atoms with Gasteiger partial charge in [-0.1, -0.05) is 19.4 Å². The molecule has 24 heavy (non-hydrogen) atoms. The third-order valence-corrected chi connectivity index (χ3v) is 5.90. The number of anilines is 1. The maximum absolute atomic E-state index is 6.17. The zero-order valence-electron chi connectivity index (χ0n) is 14.2. The average molecular weight is 341 g/mol. The van der Waals surface area contributed by atoms with Crippen LogP contribution in [0.15, 0.2) is 18.3 Å². The molecular weight excluding hydrogens is 318 g/mol. The lowest BCUT2D eigenvalue weighted by atomic mass is 10.1. The first-order chi connectivity index (χ1) is 11.7. The van der Waals surface area contributed by atoms with E-state index in [-0.39, 0.29) is 0 Å². The molecule has 0 radical (unpaired) electrons. The molecule has 3 aromatic rings. The van der Waals surface area contributed by atoms with E-state index in [1.807, 2.05) is 16.0 Å². The summed E-state index contributed by atoms with van der Waals surface area (Å²) in [5.74, 6) is 0.537. The van der Waals surface area contributed by atoms with Crippen LogP contribution < -0.4 is 5.73 Å². The van der Waals surface area contributed by atoms with Crippen LogP contribution in [0.5, 0.6) is 0 Å². The molecule has 0 amide bonds. The van der Waals surface area contributed by atoms with Gasteiger partial charge in [0.05, 0.1) is 10.2 Å².